The van der Waals surface area contributed by atoms with Gasteiger partial charge in [-0.15, -0.1) is 11.3 Å². The first kappa shape index (κ1) is 14.8. The molecule has 0 atom stereocenters. The van der Waals surface area contributed by atoms with Gasteiger partial charge in [0.05, 0.1) is 5.71 Å². The van der Waals surface area contributed by atoms with Crippen LogP contribution in [0.5, 0.6) is 5.75 Å². The van der Waals surface area contributed by atoms with Crippen molar-refractivity contribution in [1.29, 1.82) is 0 Å². The molecule has 0 amide bonds. The highest BCUT2D eigenvalue weighted by Crippen LogP contribution is 2.38. The predicted octanol–water partition coefficient (Wildman–Crippen LogP) is 2.26. The zero-order valence-corrected chi connectivity index (χ0v) is 11.7. The Kier molecular flexibility index (Phi) is 4.08. The van der Waals surface area contributed by atoms with Crippen LogP contribution in [-0.4, -0.2) is 39.7 Å². The third kappa shape index (κ3) is 2.95. The Balaban J connectivity index is 2.57. The number of hydrogen-bond acceptors (Lipinski definition) is 6. The van der Waals surface area contributed by atoms with E-state index in [9.17, 15) is 14.7 Å². The third-order valence-corrected chi connectivity index (χ3v) is 3.87. The van der Waals surface area contributed by atoms with E-state index in [0.717, 1.165) is 11.3 Å². The van der Waals surface area contributed by atoms with Crippen molar-refractivity contribution in [3.63, 3.8) is 0 Å². The molecule has 1 aromatic carbocycles. The van der Waals surface area contributed by atoms with E-state index in [-0.39, 0.29) is 10.6 Å². The SMILES string of the molecule is C/C(=N\O)c1ccc2c(OCC(=O)O)c(C(=O)O)sc2c1. The van der Waals surface area contributed by atoms with Gasteiger partial charge in [-0.3, -0.25) is 0 Å². The molecule has 0 fully saturated rings. The minimum atomic E-state index is -1.19. The average molecular weight is 309 g/mol. The maximum atomic E-state index is 11.2. The Labute approximate surface area is 122 Å². The molecule has 3 N–H and O–H groups in total. The lowest BCUT2D eigenvalue weighted by molar-refractivity contribution is -0.139. The number of rotatable bonds is 5. The summed E-state index contributed by atoms with van der Waals surface area (Å²) in [5.74, 6) is -2.34. The number of nitrogens with zero attached hydrogens (tertiary/aromatic N) is 1. The fourth-order valence-corrected chi connectivity index (χ4v) is 2.80. The first-order valence-electron chi connectivity index (χ1n) is 5.77. The van der Waals surface area contributed by atoms with Crippen LogP contribution in [-0.2, 0) is 4.79 Å². The standard InChI is InChI=1S/C13H11NO6S/c1-6(14-19)7-2-3-8-9(4-7)21-12(13(17)18)11(8)20-5-10(15)16/h2-4,19H,5H2,1H3,(H,15,16)(H,17,18)/b14-6+. The monoisotopic (exact) mass is 309 g/mol. The summed E-state index contributed by atoms with van der Waals surface area (Å²) >= 11 is 0.972. The molecule has 0 saturated heterocycles. The van der Waals surface area contributed by atoms with Gasteiger partial charge in [-0.25, -0.2) is 9.59 Å². The number of ether oxygens (including phenoxy) is 1. The molecule has 21 heavy (non-hydrogen) atoms. The van der Waals surface area contributed by atoms with E-state index in [1.165, 1.54) is 0 Å². The van der Waals surface area contributed by atoms with Crippen LogP contribution >= 0.6 is 11.3 Å². The van der Waals surface area contributed by atoms with Gasteiger partial charge in [-0.2, -0.15) is 0 Å². The van der Waals surface area contributed by atoms with Crippen LogP contribution in [0.25, 0.3) is 10.1 Å². The lowest BCUT2D eigenvalue weighted by Gasteiger charge is -2.03. The highest BCUT2D eigenvalue weighted by atomic mass is 32.1. The number of carboxylic acid groups (broad SMARTS) is 2. The van der Waals surface area contributed by atoms with Gasteiger partial charge in [0.25, 0.3) is 0 Å². The zero-order valence-electron chi connectivity index (χ0n) is 10.9. The maximum Gasteiger partial charge on any atom is 0.349 e. The van der Waals surface area contributed by atoms with E-state index in [2.05, 4.69) is 5.16 Å². The molecular weight excluding hydrogens is 298 g/mol. The summed E-state index contributed by atoms with van der Waals surface area (Å²) in [7, 11) is 0. The fraction of sp³-hybridized carbons (Fsp3) is 0.154. The minimum Gasteiger partial charge on any atom is -0.479 e. The van der Waals surface area contributed by atoms with E-state index >= 15 is 0 Å². The van der Waals surface area contributed by atoms with Gasteiger partial charge >= 0.3 is 11.9 Å². The van der Waals surface area contributed by atoms with Crippen molar-refractivity contribution in [3.8, 4) is 5.75 Å². The van der Waals surface area contributed by atoms with Crippen LogP contribution < -0.4 is 4.74 Å². The molecule has 2 aromatic rings. The lowest BCUT2D eigenvalue weighted by Crippen LogP contribution is -2.10. The van der Waals surface area contributed by atoms with Crippen molar-refractivity contribution in [2.45, 2.75) is 6.92 Å². The van der Waals surface area contributed by atoms with E-state index in [1.807, 2.05) is 0 Å². The van der Waals surface area contributed by atoms with Crippen molar-refractivity contribution in [1.82, 2.24) is 0 Å². The van der Waals surface area contributed by atoms with E-state index < -0.39 is 18.5 Å². The number of carboxylic acids is 2. The van der Waals surface area contributed by atoms with Crippen LogP contribution in [0.1, 0.15) is 22.2 Å². The molecule has 0 aliphatic heterocycles. The fourth-order valence-electron chi connectivity index (χ4n) is 1.77. The van der Waals surface area contributed by atoms with Crippen molar-refractivity contribution < 1.29 is 29.7 Å². The van der Waals surface area contributed by atoms with Gasteiger partial charge in [0, 0.05) is 15.6 Å². The molecule has 1 heterocycles. The molecule has 7 nitrogen and oxygen atoms in total. The van der Waals surface area contributed by atoms with Gasteiger partial charge in [0.1, 0.15) is 0 Å². The highest BCUT2D eigenvalue weighted by molar-refractivity contribution is 7.21. The van der Waals surface area contributed by atoms with Gasteiger partial charge in [0.15, 0.2) is 17.2 Å². The predicted molar refractivity (Wildman–Crippen MR) is 75.9 cm³/mol. The zero-order chi connectivity index (χ0) is 15.6. The first-order chi connectivity index (χ1) is 9.93. The number of hydrogen-bond donors (Lipinski definition) is 3. The minimum absolute atomic E-state index is 0.0371. The quantitative estimate of drug-likeness (QED) is 0.443. The second-order valence-corrected chi connectivity index (χ2v) is 5.20. The second-order valence-electron chi connectivity index (χ2n) is 4.14. The molecule has 2 rings (SSSR count). The molecule has 0 aliphatic carbocycles. The number of oxime groups is 1. The van der Waals surface area contributed by atoms with Crippen molar-refractivity contribution in [3.05, 3.63) is 28.6 Å². The van der Waals surface area contributed by atoms with Gasteiger partial charge < -0.3 is 20.2 Å². The Bertz CT molecular complexity index is 748. The van der Waals surface area contributed by atoms with E-state index in [4.69, 9.17) is 15.1 Å². The summed E-state index contributed by atoms with van der Waals surface area (Å²) in [6, 6.07) is 4.91. The number of benzene rings is 1. The Morgan fingerprint density at radius 2 is 2.05 bits per heavy atom. The van der Waals surface area contributed by atoms with Gasteiger partial charge in [0.2, 0.25) is 0 Å². The van der Waals surface area contributed by atoms with Crippen LogP contribution in [0.15, 0.2) is 23.4 Å². The Hall–Kier alpha value is -2.61. The molecule has 0 radical (unpaired) electrons. The number of aliphatic carboxylic acids is 1. The van der Waals surface area contributed by atoms with Crippen LogP contribution in [0.3, 0.4) is 0 Å². The number of thiophene rings is 1. The molecule has 1 aromatic heterocycles. The third-order valence-electron chi connectivity index (χ3n) is 2.75. The lowest BCUT2D eigenvalue weighted by atomic mass is 10.1. The van der Waals surface area contributed by atoms with Crippen molar-refractivity contribution >= 4 is 39.1 Å². The molecule has 0 spiro atoms. The largest absolute Gasteiger partial charge is 0.479 e. The summed E-state index contributed by atoms with van der Waals surface area (Å²) < 4.78 is 5.70. The number of carbonyl (C=O) groups is 2. The Morgan fingerprint density at radius 3 is 2.62 bits per heavy atom. The Morgan fingerprint density at radius 1 is 1.33 bits per heavy atom. The molecule has 110 valence electrons. The summed E-state index contributed by atoms with van der Waals surface area (Å²) in [6.07, 6.45) is 0. The van der Waals surface area contributed by atoms with Crippen LogP contribution in [0, 0.1) is 0 Å². The molecular formula is C13H11NO6S. The summed E-state index contributed by atoms with van der Waals surface area (Å²) in [4.78, 5) is 21.7. The second kappa shape index (κ2) is 5.80. The highest BCUT2D eigenvalue weighted by Gasteiger charge is 2.20. The molecule has 0 unspecified atom stereocenters. The molecule has 0 aliphatic rings. The number of fused-ring (bicyclic) bond motifs is 1. The van der Waals surface area contributed by atoms with Crippen molar-refractivity contribution in [2.24, 2.45) is 5.16 Å². The topological polar surface area (TPSA) is 116 Å². The van der Waals surface area contributed by atoms with Crippen LogP contribution in [0.2, 0.25) is 0 Å². The number of aromatic carboxylic acids is 1. The molecule has 0 bridgehead atoms. The van der Waals surface area contributed by atoms with Gasteiger partial charge in [-0.05, 0) is 19.1 Å². The van der Waals surface area contributed by atoms with Gasteiger partial charge in [-0.1, -0.05) is 11.2 Å². The first-order valence-corrected chi connectivity index (χ1v) is 6.59. The van der Waals surface area contributed by atoms with Crippen LogP contribution in [0.4, 0.5) is 0 Å². The van der Waals surface area contributed by atoms with E-state index in [1.54, 1.807) is 25.1 Å². The van der Waals surface area contributed by atoms with Crippen molar-refractivity contribution in [2.75, 3.05) is 6.61 Å². The normalized spacial score (nSPS) is 11.6. The summed E-state index contributed by atoms with van der Waals surface area (Å²) in [5, 5.41) is 30.2. The summed E-state index contributed by atoms with van der Waals surface area (Å²) in [6.45, 7) is 0.986. The molecule has 8 heteroatoms. The smallest absolute Gasteiger partial charge is 0.349 e. The van der Waals surface area contributed by atoms with E-state index in [0.29, 0.717) is 21.4 Å². The summed E-state index contributed by atoms with van der Waals surface area (Å²) in [5.41, 5.74) is 1.02. The average Bonchev–Trinajstić information content (AvgIpc) is 2.82. The maximum absolute atomic E-state index is 11.2. The molecule has 0 saturated carbocycles.